The fraction of sp³-hybridized carbons (Fsp3) is 0.684. The highest BCUT2D eigenvalue weighted by atomic mass is 15.1. The Morgan fingerprint density at radius 3 is 2.38 bits per heavy atom. The minimum atomic E-state index is 0.175. The van der Waals surface area contributed by atoms with Crippen LogP contribution in [0.15, 0.2) is 18.2 Å². The Bertz CT molecular complexity index is 451. The lowest BCUT2D eigenvalue weighted by Crippen LogP contribution is -2.35. The molecule has 0 aromatic heterocycles. The second-order valence-corrected chi connectivity index (χ2v) is 7.56. The summed E-state index contributed by atoms with van der Waals surface area (Å²) >= 11 is 0. The van der Waals surface area contributed by atoms with Crippen molar-refractivity contribution >= 4 is 5.69 Å². The van der Waals surface area contributed by atoms with Gasteiger partial charge in [0.05, 0.1) is 0 Å². The van der Waals surface area contributed by atoms with Crippen LogP contribution in [0.25, 0.3) is 0 Å². The van der Waals surface area contributed by atoms with E-state index in [1.54, 1.807) is 0 Å². The van der Waals surface area contributed by atoms with Crippen LogP contribution in [0.5, 0.6) is 0 Å². The van der Waals surface area contributed by atoms with Crippen molar-refractivity contribution in [1.82, 2.24) is 5.32 Å². The summed E-state index contributed by atoms with van der Waals surface area (Å²) in [6.07, 6.45) is 4.04. The molecule has 118 valence electrons. The number of nitrogens with zero attached hydrogens (tertiary/aromatic N) is 1. The predicted molar refractivity (Wildman–Crippen MR) is 93.0 cm³/mol. The maximum Gasteiger partial charge on any atom is 0.0396 e. The quantitative estimate of drug-likeness (QED) is 0.877. The maximum absolute atomic E-state index is 3.56. The molecule has 2 heteroatoms. The zero-order chi connectivity index (χ0) is 15.5. The van der Waals surface area contributed by atoms with Crippen LogP contribution < -0.4 is 10.2 Å². The Morgan fingerprint density at radius 1 is 1.19 bits per heavy atom. The van der Waals surface area contributed by atoms with Gasteiger partial charge in [0.15, 0.2) is 0 Å². The lowest BCUT2D eigenvalue weighted by Gasteiger charge is -2.34. The molecule has 1 aliphatic rings. The Labute approximate surface area is 130 Å². The van der Waals surface area contributed by atoms with Crippen molar-refractivity contribution in [2.24, 2.45) is 5.92 Å². The molecule has 1 saturated heterocycles. The average molecular weight is 288 g/mol. The first kappa shape index (κ1) is 16.4. The van der Waals surface area contributed by atoms with Crippen LogP contribution in [0.2, 0.25) is 0 Å². The van der Waals surface area contributed by atoms with Crippen molar-refractivity contribution in [3.05, 3.63) is 29.3 Å². The van der Waals surface area contributed by atoms with Gasteiger partial charge in [-0.05, 0) is 63.6 Å². The van der Waals surface area contributed by atoms with Crippen molar-refractivity contribution in [3.63, 3.8) is 0 Å². The maximum atomic E-state index is 3.56. The van der Waals surface area contributed by atoms with Gasteiger partial charge in [-0.2, -0.15) is 0 Å². The van der Waals surface area contributed by atoms with E-state index in [9.17, 15) is 0 Å². The third-order valence-electron chi connectivity index (χ3n) is 4.62. The van der Waals surface area contributed by atoms with Gasteiger partial charge >= 0.3 is 0 Å². The lowest BCUT2D eigenvalue weighted by molar-refractivity contribution is 0.395. The summed E-state index contributed by atoms with van der Waals surface area (Å²) in [4.78, 5) is 2.57. The highest BCUT2D eigenvalue weighted by Gasteiger charge is 2.19. The first-order valence-corrected chi connectivity index (χ1v) is 8.48. The number of benzene rings is 1. The summed E-state index contributed by atoms with van der Waals surface area (Å²) in [5.74, 6) is 0.941. The Hall–Kier alpha value is -1.02. The molecule has 21 heavy (non-hydrogen) atoms. The number of nitrogens with one attached hydrogen (secondary N) is 1. The molecule has 0 amide bonds. The SMILES string of the molecule is CCC1CCN(c2ccc(CNC(C)(C)C)cc2C)CC1. The molecule has 2 nitrogen and oxygen atoms in total. The number of rotatable bonds is 4. The summed E-state index contributed by atoms with van der Waals surface area (Å²) in [5.41, 5.74) is 4.41. The Balaban J connectivity index is 1.99. The van der Waals surface area contributed by atoms with Crippen LogP contribution in [0.1, 0.15) is 58.1 Å². The molecule has 1 aromatic carbocycles. The number of hydrogen-bond donors (Lipinski definition) is 1. The van der Waals surface area contributed by atoms with Crippen LogP contribution in [0.3, 0.4) is 0 Å². The molecule has 2 rings (SSSR count). The summed E-state index contributed by atoms with van der Waals surface area (Å²) < 4.78 is 0. The van der Waals surface area contributed by atoms with E-state index in [4.69, 9.17) is 0 Å². The van der Waals surface area contributed by atoms with E-state index in [1.807, 2.05) is 0 Å². The Kier molecular flexibility index (Phi) is 5.32. The van der Waals surface area contributed by atoms with E-state index < -0.39 is 0 Å². The molecule has 0 aliphatic carbocycles. The molecule has 0 radical (unpaired) electrons. The Morgan fingerprint density at radius 2 is 1.86 bits per heavy atom. The number of aryl methyl sites for hydroxylation is 1. The van der Waals surface area contributed by atoms with Crippen LogP contribution in [-0.2, 0) is 6.54 Å². The van der Waals surface area contributed by atoms with Crippen molar-refractivity contribution in [2.75, 3.05) is 18.0 Å². The smallest absolute Gasteiger partial charge is 0.0396 e. The molecule has 1 aromatic rings. The van der Waals surface area contributed by atoms with Crippen molar-refractivity contribution in [1.29, 1.82) is 0 Å². The summed E-state index contributed by atoms with van der Waals surface area (Å²) in [7, 11) is 0. The molecular weight excluding hydrogens is 256 g/mol. The second kappa shape index (κ2) is 6.83. The standard InChI is InChI=1S/C19H32N2/c1-6-16-9-11-21(12-10-16)18-8-7-17(13-15(18)2)14-20-19(3,4)5/h7-8,13,16,20H,6,9-12,14H2,1-5H3. The van der Waals surface area contributed by atoms with Crippen LogP contribution >= 0.6 is 0 Å². The third-order valence-corrected chi connectivity index (χ3v) is 4.62. The van der Waals surface area contributed by atoms with Gasteiger partial charge in [0.25, 0.3) is 0 Å². The van der Waals surface area contributed by atoms with E-state index >= 15 is 0 Å². The van der Waals surface area contributed by atoms with Crippen molar-refractivity contribution < 1.29 is 0 Å². The molecule has 1 N–H and O–H groups in total. The highest BCUT2D eigenvalue weighted by molar-refractivity contribution is 5.54. The second-order valence-electron chi connectivity index (χ2n) is 7.56. The van der Waals surface area contributed by atoms with E-state index in [0.717, 1.165) is 12.5 Å². The van der Waals surface area contributed by atoms with E-state index in [0.29, 0.717) is 0 Å². The van der Waals surface area contributed by atoms with E-state index in [2.05, 4.69) is 63.0 Å². The fourth-order valence-corrected chi connectivity index (χ4v) is 3.13. The van der Waals surface area contributed by atoms with Gasteiger partial charge in [-0.25, -0.2) is 0 Å². The van der Waals surface area contributed by atoms with Gasteiger partial charge in [0.2, 0.25) is 0 Å². The zero-order valence-corrected chi connectivity index (χ0v) is 14.5. The van der Waals surface area contributed by atoms with Gasteiger partial charge in [0, 0.05) is 30.9 Å². The number of anilines is 1. The molecule has 0 spiro atoms. The molecule has 0 bridgehead atoms. The summed E-state index contributed by atoms with van der Waals surface area (Å²) in [6, 6.07) is 6.95. The van der Waals surface area contributed by atoms with Gasteiger partial charge in [0.1, 0.15) is 0 Å². The molecule has 0 saturated carbocycles. The molecule has 1 aliphatic heterocycles. The van der Waals surface area contributed by atoms with E-state index in [1.165, 1.54) is 49.2 Å². The first-order chi connectivity index (χ1) is 9.89. The topological polar surface area (TPSA) is 15.3 Å². The van der Waals surface area contributed by atoms with Gasteiger partial charge in [-0.3, -0.25) is 0 Å². The third kappa shape index (κ3) is 4.74. The minimum absolute atomic E-state index is 0.175. The first-order valence-electron chi connectivity index (χ1n) is 8.48. The lowest BCUT2D eigenvalue weighted by atomic mass is 9.93. The predicted octanol–water partition coefficient (Wildman–Crippen LogP) is 4.51. The molecule has 0 unspecified atom stereocenters. The molecule has 0 atom stereocenters. The van der Waals surface area contributed by atoms with E-state index in [-0.39, 0.29) is 5.54 Å². The zero-order valence-electron chi connectivity index (χ0n) is 14.5. The fourth-order valence-electron chi connectivity index (χ4n) is 3.13. The van der Waals surface area contributed by atoms with Crippen LogP contribution in [0.4, 0.5) is 5.69 Å². The number of hydrogen-bond acceptors (Lipinski definition) is 2. The average Bonchev–Trinajstić information content (AvgIpc) is 2.45. The van der Waals surface area contributed by atoms with Crippen LogP contribution in [-0.4, -0.2) is 18.6 Å². The van der Waals surface area contributed by atoms with Crippen LogP contribution in [0, 0.1) is 12.8 Å². The molecule has 1 heterocycles. The van der Waals surface area contributed by atoms with Gasteiger partial charge in [-0.15, -0.1) is 0 Å². The summed E-state index contributed by atoms with van der Waals surface area (Å²) in [6.45, 7) is 14.6. The molecule has 1 fully saturated rings. The number of piperidine rings is 1. The summed E-state index contributed by atoms with van der Waals surface area (Å²) in [5, 5.41) is 3.56. The monoisotopic (exact) mass is 288 g/mol. The van der Waals surface area contributed by atoms with Gasteiger partial charge in [-0.1, -0.05) is 25.5 Å². The van der Waals surface area contributed by atoms with Crippen molar-refractivity contribution in [3.8, 4) is 0 Å². The van der Waals surface area contributed by atoms with Gasteiger partial charge < -0.3 is 10.2 Å². The normalized spacial score (nSPS) is 17.3. The largest absolute Gasteiger partial charge is 0.371 e. The minimum Gasteiger partial charge on any atom is -0.371 e. The highest BCUT2D eigenvalue weighted by Crippen LogP contribution is 2.28. The van der Waals surface area contributed by atoms with Crippen molar-refractivity contribution in [2.45, 2.75) is 66.0 Å². The molecular formula is C19H32N2.